The third kappa shape index (κ3) is 11.5. The molecule has 0 saturated heterocycles. The maximum atomic E-state index is 11.2. The van der Waals surface area contributed by atoms with Crippen molar-refractivity contribution in [2.75, 3.05) is 34.4 Å². The van der Waals surface area contributed by atoms with Crippen molar-refractivity contribution in [3.8, 4) is 0 Å². The lowest BCUT2D eigenvalue weighted by molar-refractivity contribution is -0.141. The molecule has 0 heterocycles. The van der Waals surface area contributed by atoms with Crippen molar-refractivity contribution < 1.29 is 14.6 Å². The quantitative estimate of drug-likeness (QED) is 0.0832. The van der Waals surface area contributed by atoms with E-state index in [0.29, 0.717) is 11.6 Å². The molecule has 5 rings (SSSR count). The van der Waals surface area contributed by atoms with Gasteiger partial charge in [-0.05, 0) is 92.6 Å². The van der Waals surface area contributed by atoms with Crippen LogP contribution >= 0.6 is 0 Å². The molecule has 4 aromatic rings. The number of para-hydroxylation sites is 2. The number of nitrogens with one attached hydrogen (secondary N) is 4. The average Bonchev–Trinajstić information content (AvgIpc) is 3.06. The first-order chi connectivity index (χ1) is 21.4. The van der Waals surface area contributed by atoms with Crippen molar-refractivity contribution in [2.45, 2.75) is 51.2 Å². The Bertz CT molecular complexity index is 1410. The van der Waals surface area contributed by atoms with E-state index in [1.54, 1.807) is 6.92 Å². The molecule has 0 amide bonds. The number of aliphatic hydroxyl groups is 1. The highest BCUT2D eigenvalue weighted by molar-refractivity contribution is 5.86. The fraction of sp³-hybridized carbons (Fsp3) is 0.270. The topological polar surface area (TPSA) is 94.7 Å². The Labute approximate surface area is 261 Å². The Morgan fingerprint density at radius 3 is 1.68 bits per heavy atom. The summed E-state index contributed by atoms with van der Waals surface area (Å²) in [6.45, 7) is 5.28. The molecule has 1 aliphatic rings. The zero-order chi connectivity index (χ0) is 31.0. The monoisotopic (exact) mass is 592 g/mol. The highest BCUT2D eigenvalue weighted by atomic mass is 16.5. The fourth-order valence-electron chi connectivity index (χ4n) is 4.77. The summed E-state index contributed by atoms with van der Waals surface area (Å²) in [5.41, 5.74) is 6.67. The largest absolute Gasteiger partial charge is 0.460 e. The van der Waals surface area contributed by atoms with Crippen LogP contribution in [-0.2, 0) is 9.53 Å². The molecule has 1 atom stereocenters. The van der Waals surface area contributed by atoms with Gasteiger partial charge in [0.15, 0.2) is 0 Å². The van der Waals surface area contributed by atoms with Crippen LogP contribution in [0.5, 0.6) is 0 Å². The lowest BCUT2D eigenvalue weighted by atomic mass is 9.95. The highest BCUT2D eigenvalue weighted by Gasteiger charge is 2.12. The highest BCUT2D eigenvalue weighted by Crippen LogP contribution is 2.24. The first kappa shape index (κ1) is 32.2. The van der Waals surface area contributed by atoms with E-state index in [-0.39, 0.29) is 13.2 Å². The number of carbonyl (C=O) groups is 1. The van der Waals surface area contributed by atoms with Crippen LogP contribution in [-0.4, -0.2) is 36.4 Å². The molecule has 7 heteroatoms. The number of hydrogen-bond acceptors (Lipinski definition) is 7. The summed E-state index contributed by atoms with van der Waals surface area (Å²) in [7, 11) is 0. The molecular formula is C37H44N4O3. The van der Waals surface area contributed by atoms with E-state index in [0.717, 1.165) is 28.4 Å². The van der Waals surface area contributed by atoms with Crippen molar-refractivity contribution in [1.29, 1.82) is 0 Å². The van der Waals surface area contributed by atoms with Crippen LogP contribution in [0.1, 0.15) is 39.0 Å². The van der Waals surface area contributed by atoms with Crippen molar-refractivity contribution in [3.05, 3.63) is 121 Å². The number of aliphatic hydroxyl groups excluding tert-OH is 1. The van der Waals surface area contributed by atoms with Gasteiger partial charge in [0.25, 0.3) is 0 Å². The van der Waals surface area contributed by atoms with Crippen molar-refractivity contribution in [2.24, 2.45) is 0 Å². The third-order valence-corrected chi connectivity index (χ3v) is 7.17. The van der Waals surface area contributed by atoms with Crippen LogP contribution in [0.15, 0.2) is 121 Å². The summed E-state index contributed by atoms with van der Waals surface area (Å²) >= 11 is 0. The van der Waals surface area contributed by atoms with Gasteiger partial charge >= 0.3 is 5.97 Å². The second-order valence-electron chi connectivity index (χ2n) is 11.0. The van der Waals surface area contributed by atoms with Gasteiger partial charge in [-0.3, -0.25) is 0 Å². The molecule has 0 spiro atoms. The van der Waals surface area contributed by atoms with Gasteiger partial charge in [0.2, 0.25) is 0 Å². The van der Waals surface area contributed by atoms with Gasteiger partial charge in [-0.2, -0.15) is 0 Å². The molecule has 1 unspecified atom stereocenters. The fourth-order valence-corrected chi connectivity index (χ4v) is 4.77. The van der Waals surface area contributed by atoms with Gasteiger partial charge in [-0.1, -0.05) is 62.2 Å². The number of carbonyl (C=O) groups excluding carboxylic acids is 1. The van der Waals surface area contributed by atoms with Crippen LogP contribution < -0.4 is 21.3 Å². The minimum atomic E-state index is -0.782. The Morgan fingerprint density at radius 1 is 0.727 bits per heavy atom. The maximum Gasteiger partial charge on any atom is 0.333 e. The number of hydrogen-bond donors (Lipinski definition) is 5. The van der Waals surface area contributed by atoms with Crippen LogP contribution in [0.25, 0.3) is 0 Å². The maximum absolute atomic E-state index is 11.2. The zero-order valence-corrected chi connectivity index (χ0v) is 25.5. The molecule has 0 aliphatic heterocycles. The van der Waals surface area contributed by atoms with Gasteiger partial charge in [-0.25, -0.2) is 4.79 Å². The van der Waals surface area contributed by atoms with E-state index >= 15 is 0 Å². The van der Waals surface area contributed by atoms with E-state index in [1.165, 1.54) is 37.8 Å². The molecule has 7 nitrogen and oxygen atoms in total. The number of ether oxygens (including phenoxy) is 1. The van der Waals surface area contributed by atoms with E-state index in [2.05, 4.69) is 64.2 Å². The van der Waals surface area contributed by atoms with Gasteiger partial charge in [0, 0.05) is 52.3 Å². The van der Waals surface area contributed by atoms with Gasteiger partial charge in [-0.15, -0.1) is 0 Å². The van der Waals surface area contributed by atoms with E-state index < -0.39 is 12.1 Å². The summed E-state index contributed by atoms with van der Waals surface area (Å²) in [4.78, 5) is 11.2. The van der Waals surface area contributed by atoms with Crippen LogP contribution in [0.2, 0.25) is 0 Å². The molecule has 1 saturated carbocycles. The molecule has 1 fully saturated rings. The Balaban J connectivity index is 0.000000204. The van der Waals surface area contributed by atoms with Crippen molar-refractivity contribution in [3.63, 3.8) is 0 Å². The molecule has 1 aliphatic carbocycles. The normalized spacial score (nSPS) is 13.4. The molecule has 0 bridgehead atoms. The number of anilines is 6. The first-order valence-corrected chi connectivity index (χ1v) is 15.3. The van der Waals surface area contributed by atoms with E-state index in [1.807, 2.05) is 72.8 Å². The number of esters is 1. The van der Waals surface area contributed by atoms with Gasteiger partial charge in [0.1, 0.15) is 12.7 Å². The molecule has 4 aromatic carbocycles. The van der Waals surface area contributed by atoms with E-state index in [4.69, 9.17) is 4.74 Å². The number of benzene rings is 4. The summed E-state index contributed by atoms with van der Waals surface area (Å²) in [6.07, 6.45) is 5.97. The average molecular weight is 593 g/mol. The zero-order valence-electron chi connectivity index (χ0n) is 25.5. The lowest BCUT2D eigenvalue weighted by Crippen LogP contribution is -2.26. The van der Waals surface area contributed by atoms with Crippen LogP contribution in [0.4, 0.5) is 34.1 Å². The molecule has 230 valence electrons. The summed E-state index contributed by atoms with van der Waals surface area (Å²) in [5.74, 6) is -0.495. The summed E-state index contributed by atoms with van der Waals surface area (Å²) in [6, 6.07) is 37.2. The lowest BCUT2D eigenvalue weighted by Gasteiger charge is -2.24. The predicted molar refractivity (Wildman–Crippen MR) is 183 cm³/mol. The smallest absolute Gasteiger partial charge is 0.333 e. The van der Waals surface area contributed by atoms with Crippen LogP contribution in [0.3, 0.4) is 0 Å². The summed E-state index contributed by atoms with van der Waals surface area (Å²) < 4.78 is 4.90. The Kier molecular flexibility index (Phi) is 12.7. The Hall–Kier alpha value is -4.75. The number of rotatable bonds is 12. The van der Waals surface area contributed by atoms with Crippen LogP contribution in [0, 0.1) is 0 Å². The molecule has 0 radical (unpaired) electrons. The van der Waals surface area contributed by atoms with Gasteiger partial charge < -0.3 is 31.1 Å². The SMILES string of the molecule is C=C(C)C(=O)OCC(O)CNc1ccc(Nc2ccccc2)cc1.c1ccc(Nc2ccc(NC3CCCCC3)cc2)cc1. The predicted octanol–water partition coefficient (Wildman–Crippen LogP) is 8.50. The summed E-state index contributed by atoms with van der Waals surface area (Å²) in [5, 5.41) is 23.3. The first-order valence-electron chi connectivity index (χ1n) is 15.3. The minimum absolute atomic E-state index is 0.0632. The van der Waals surface area contributed by atoms with E-state index in [9.17, 15) is 9.90 Å². The molecule has 44 heavy (non-hydrogen) atoms. The third-order valence-electron chi connectivity index (χ3n) is 7.17. The standard InChI is InChI=1S/C19H22N2O3.C18H22N2/c1-14(2)19(23)24-13-18(22)12-20-15-8-10-17(11-9-15)21-16-6-4-3-5-7-16;1-3-7-15(8-4-1)19-17-11-13-18(14-12-17)20-16-9-5-2-6-10-16/h3-11,18,20-22H,1,12-13H2,2H3;1,3-4,7-8,11-14,16,19-20H,2,5-6,9-10H2. The van der Waals surface area contributed by atoms with Crippen molar-refractivity contribution in [1.82, 2.24) is 0 Å². The second-order valence-corrected chi connectivity index (χ2v) is 11.0. The Morgan fingerprint density at radius 2 is 1.18 bits per heavy atom. The second kappa shape index (κ2) is 17.4. The minimum Gasteiger partial charge on any atom is -0.460 e. The van der Waals surface area contributed by atoms with Gasteiger partial charge in [0.05, 0.1) is 0 Å². The van der Waals surface area contributed by atoms with Crippen molar-refractivity contribution >= 4 is 40.1 Å². The molecule has 5 N–H and O–H groups in total. The molecular weight excluding hydrogens is 548 g/mol. The molecule has 0 aromatic heterocycles.